The van der Waals surface area contributed by atoms with Crippen molar-refractivity contribution in [3.05, 3.63) is 52.5 Å². The monoisotopic (exact) mass is 527 g/mol. The summed E-state index contributed by atoms with van der Waals surface area (Å²) < 4.78 is 3.16. The van der Waals surface area contributed by atoms with E-state index in [-0.39, 0.29) is 5.91 Å². The second-order valence-corrected chi connectivity index (χ2v) is 10.6. The number of fused-ring (bicyclic) bond motifs is 1. The van der Waals surface area contributed by atoms with E-state index in [9.17, 15) is 4.79 Å². The standard InChI is InChI=1S/C27H38BrN5O/c1-19(2)12-16-32(17-13-20(3)4)26(34)21-6-11-24-25(18-21)33(15-5-14-29)27(31-24)30-23-9-7-22(28)8-10-23/h6-11,18-20H,5,12-17,29H2,1-4H3,(H,30,31). The van der Waals surface area contributed by atoms with Gasteiger partial charge in [-0.25, -0.2) is 4.98 Å². The summed E-state index contributed by atoms with van der Waals surface area (Å²) in [5, 5.41) is 3.43. The average Bonchev–Trinajstić information content (AvgIpc) is 3.14. The molecule has 3 aromatic rings. The van der Waals surface area contributed by atoms with Gasteiger partial charge in [-0.1, -0.05) is 43.6 Å². The molecular formula is C27H38BrN5O. The van der Waals surface area contributed by atoms with Crippen molar-refractivity contribution in [2.75, 3.05) is 25.0 Å². The number of carbonyl (C=O) groups is 1. The first-order valence-corrected chi connectivity index (χ1v) is 13.1. The Kier molecular flexibility index (Phi) is 9.54. The summed E-state index contributed by atoms with van der Waals surface area (Å²) in [7, 11) is 0. The number of carbonyl (C=O) groups excluding carboxylic acids is 1. The molecule has 0 saturated heterocycles. The first-order valence-electron chi connectivity index (χ1n) is 12.3. The Morgan fingerprint density at radius 3 is 2.29 bits per heavy atom. The SMILES string of the molecule is CC(C)CCN(CCC(C)C)C(=O)c1ccc2nc(Nc3ccc(Br)cc3)n(CCCN)c2c1. The topological polar surface area (TPSA) is 76.2 Å². The zero-order valence-corrected chi connectivity index (χ0v) is 22.4. The minimum Gasteiger partial charge on any atom is -0.339 e. The molecule has 7 heteroatoms. The van der Waals surface area contributed by atoms with Crippen LogP contribution in [0, 0.1) is 11.8 Å². The molecule has 0 fully saturated rings. The van der Waals surface area contributed by atoms with Gasteiger partial charge in [-0.15, -0.1) is 0 Å². The molecule has 1 aromatic heterocycles. The van der Waals surface area contributed by atoms with Crippen LogP contribution in [0.4, 0.5) is 11.6 Å². The van der Waals surface area contributed by atoms with Gasteiger partial charge in [0, 0.05) is 35.4 Å². The molecule has 2 aromatic carbocycles. The molecule has 0 saturated carbocycles. The van der Waals surface area contributed by atoms with Crippen LogP contribution in [0.15, 0.2) is 46.9 Å². The highest BCUT2D eigenvalue weighted by Crippen LogP contribution is 2.26. The molecule has 3 rings (SSSR count). The van der Waals surface area contributed by atoms with E-state index in [0.717, 1.165) is 66.0 Å². The fourth-order valence-corrected chi connectivity index (χ4v) is 4.08. The number of nitrogens with one attached hydrogen (secondary N) is 1. The number of nitrogens with zero attached hydrogens (tertiary/aromatic N) is 3. The van der Waals surface area contributed by atoms with Gasteiger partial charge in [0.15, 0.2) is 0 Å². The number of benzene rings is 2. The Bertz CT molecular complexity index is 1060. The fraction of sp³-hybridized carbons (Fsp3) is 0.481. The maximum absolute atomic E-state index is 13.5. The Morgan fingerprint density at radius 2 is 1.71 bits per heavy atom. The Hall–Kier alpha value is -2.38. The number of nitrogens with two attached hydrogens (primary N) is 1. The van der Waals surface area contributed by atoms with Crippen LogP contribution in [0.3, 0.4) is 0 Å². The van der Waals surface area contributed by atoms with E-state index in [0.29, 0.717) is 23.9 Å². The summed E-state index contributed by atoms with van der Waals surface area (Å²) in [5.41, 5.74) is 9.30. The average molecular weight is 529 g/mol. The van der Waals surface area contributed by atoms with E-state index in [1.807, 2.05) is 47.4 Å². The lowest BCUT2D eigenvalue weighted by Gasteiger charge is -2.24. The molecule has 0 aliphatic rings. The highest BCUT2D eigenvalue weighted by atomic mass is 79.9. The lowest BCUT2D eigenvalue weighted by Crippen LogP contribution is -2.34. The van der Waals surface area contributed by atoms with Gasteiger partial charge in [0.2, 0.25) is 5.95 Å². The molecule has 1 heterocycles. The van der Waals surface area contributed by atoms with Crippen molar-refractivity contribution in [2.24, 2.45) is 17.6 Å². The van der Waals surface area contributed by atoms with Gasteiger partial charge in [0.05, 0.1) is 11.0 Å². The number of hydrogen-bond donors (Lipinski definition) is 2. The third-order valence-corrected chi connectivity index (χ3v) is 6.45. The lowest BCUT2D eigenvalue weighted by atomic mass is 10.1. The maximum atomic E-state index is 13.5. The van der Waals surface area contributed by atoms with Crippen molar-refractivity contribution in [1.29, 1.82) is 0 Å². The smallest absolute Gasteiger partial charge is 0.253 e. The molecule has 6 nitrogen and oxygen atoms in total. The number of rotatable bonds is 12. The van der Waals surface area contributed by atoms with Crippen LogP contribution in [-0.4, -0.2) is 40.0 Å². The first-order chi connectivity index (χ1) is 16.3. The quantitative estimate of drug-likeness (QED) is 0.284. The van der Waals surface area contributed by atoms with Crippen molar-refractivity contribution in [2.45, 2.75) is 53.5 Å². The van der Waals surface area contributed by atoms with Gasteiger partial charge in [0.1, 0.15) is 0 Å². The number of halogens is 1. The van der Waals surface area contributed by atoms with Crippen LogP contribution >= 0.6 is 15.9 Å². The zero-order valence-electron chi connectivity index (χ0n) is 20.9. The number of aryl methyl sites for hydroxylation is 1. The number of hydrogen-bond acceptors (Lipinski definition) is 4. The summed E-state index contributed by atoms with van der Waals surface area (Å²) >= 11 is 3.48. The first kappa shape index (κ1) is 26.2. The minimum absolute atomic E-state index is 0.0946. The maximum Gasteiger partial charge on any atom is 0.253 e. The van der Waals surface area contributed by atoms with E-state index in [1.54, 1.807) is 0 Å². The van der Waals surface area contributed by atoms with E-state index >= 15 is 0 Å². The van der Waals surface area contributed by atoms with Gasteiger partial charge in [-0.2, -0.15) is 0 Å². The summed E-state index contributed by atoms with van der Waals surface area (Å²) in [6, 6.07) is 13.9. The van der Waals surface area contributed by atoms with Crippen molar-refractivity contribution in [1.82, 2.24) is 14.5 Å². The van der Waals surface area contributed by atoms with Crippen molar-refractivity contribution < 1.29 is 4.79 Å². The highest BCUT2D eigenvalue weighted by molar-refractivity contribution is 9.10. The van der Waals surface area contributed by atoms with Crippen LogP contribution in [0.25, 0.3) is 11.0 Å². The van der Waals surface area contributed by atoms with Gasteiger partial charge in [0.25, 0.3) is 5.91 Å². The van der Waals surface area contributed by atoms with Gasteiger partial charge in [-0.05, 0) is 80.1 Å². The van der Waals surface area contributed by atoms with E-state index in [4.69, 9.17) is 10.7 Å². The summed E-state index contributed by atoms with van der Waals surface area (Å²) in [6.07, 6.45) is 2.83. The predicted octanol–water partition coefficient (Wildman–Crippen LogP) is 6.43. The van der Waals surface area contributed by atoms with Crippen LogP contribution in [-0.2, 0) is 6.54 Å². The highest BCUT2D eigenvalue weighted by Gasteiger charge is 2.19. The molecule has 0 bridgehead atoms. The molecule has 0 aliphatic carbocycles. The summed E-state index contributed by atoms with van der Waals surface area (Å²) in [5.74, 6) is 1.97. The Morgan fingerprint density at radius 1 is 1.06 bits per heavy atom. The zero-order chi connectivity index (χ0) is 24.7. The Labute approximate surface area is 212 Å². The largest absolute Gasteiger partial charge is 0.339 e. The molecule has 3 N–H and O–H groups in total. The van der Waals surface area contributed by atoms with Crippen LogP contribution < -0.4 is 11.1 Å². The van der Waals surface area contributed by atoms with Crippen LogP contribution in [0.5, 0.6) is 0 Å². The normalized spacial score (nSPS) is 11.5. The number of amides is 1. The third-order valence-electron chi connectivity index (χ3n) is 5.92. The molecule has 0 unspecified atom stereocenters. The Balaban J connectivity index is 1.93. The number of anilines is 2. The number of imidazole rings is 1. The molecule has 0 spiro atoms. The van der Waals surface area contributed by atoms with Gasteiger partial charge < -0.3 is 20.5 Å². The molecule has 0 aliphatic heterocycles. The van der Waals surface area contributed by atoms with Crippen LogP contribution in [0.1, 0.15) is 57.3 Å². The third kappa shape index (κ3) is 7.06. The number of aromatic nitrogens is 2. The molecular weight excluding hydrogens is 490 g/mol. The lowest BCUT2D eigenvalue weighted by molar-refractivity contribution is 0.0741. The second kappa shape index (κ2) is 12.4. The van der Waals surface area contributed by atoms with E-state index in [1.165, 1.54) is 0 Å². The van der Waals surface area contributed by atoms with Crippen molar-refractivity contribution in [3.8, 4) is 0 Å². The summed E-state index contributed by atoms with van der Waals surface area (Å²) in [4.78, 5) is 20.4. The van der Waals surface area contributed by atoms with Crippen molar-refractivity contribution >= 4 is 44.5 Å². The molecule has 0 radical (unpaired) electrons. The summed E-state index contributed by atoms with van der Waals surface area (Å²) in [6.45, 7) is 11.7. The van der Waals surface area contributed by atoms with Gasteiger partial charge >= 0.3 is 0 Å². The van der Waals surface area contributed by atoms with Crippen LogP contribution in [0.2, 0.25) is 0 Å². The molecule has 1 amide bonds. The molecule has 34 heavy (non-hydrogen) atoms. The molecule has 0 atom stereocenters. The van der Waals surface area contributed by atoms with Gasteiger partial charge in [-0.3, -0.25) is 4.79 Å². The molecule has 184 valence electrons. The fourth-order valence-electron chi connectivity index (χ4n) is 3.81. The van der Waals surface area contributed by atoms with E-state index in [2.05, 4.69) is 53.5 Å². The van der Waals surface area contributed by atoms with Crippen molar-refractivity contribution in [3.63, 3.8) is 0 Å². The minimum atomic E-state index is 0.0946. The van der Waals surface area contributed by atoms with E-state index < -0.39 is 0 Å². The second-order valence-electron chi connectivity index (χ2n) is 9.72. The predicted molar refractivity (Wildman–Crippen MR) is 146 cm³/mol.